The summed E-state index contributed by atoms with van der Waals surface area (Å²) in [5.74, 6) is 0.0292. The molecule has 8 heteroatoms. The molecule has 8 nitrogen and oxygen atoms in total. The summed E-state index contributed by atoms with van der Waals surface area (Å²) in [4.78, 5) is 49.7. The van der Waals surface area contributed by atoms with Crippen molar-refractivity contribution >= 4 is 11.9 Å². The van der Waals surface area contributed by atoms with Crippen LogP contribution in [0.3, 0.4) is 0 Å². The summed E-state index contributed by atoms with van der Waals surface area (Å²) in [6.07, 6.45) is 26.8. The fourth-order valence-electron chi connectivity index (χ4n) is 6.05. The Hall–Kier alpha value is -3.68. The van der Waals surface area contributed by atoms with Crippen molar-refractivity contribution in [2.24, 2.45) is 0 Å². The predicted molar refractivity (Wildman–Crippen MR) is 214 cm³/mol. The third-order valence-electron chi connectivity index (χ3n) is 9.32. The van der Waals surface area contributed by atoms with E-state index < -0.39 is 22.8 Å². The Bertz CT molecular complexity index is 1290. The zero-order valence-corrected chi connectivity index (χ0v) is 33.0. The number of rotatable bonds is 32. The van der Waals surface area contributed by atoms with E-state index in [9.17, 15) is 19.2 Å². The van der Waals surface area contributed by atoms with Gasteiger partial charge in [-0.15, -0.1) is 0 Å². The van der Waals surface area contributed by atoms with Gasteiger partial charge in [-0.05, 0) is 74.2 Å². The minimum absolute atomic E-state index is 0.0378. The molecule has 53 heavy (non-hydrogen) atoms. The van der Waals surface area contributed by atoms with Crippen molar-refractivity contribution < 1.29 is 28.5 Å². The summed E-state index contributed by atoms with van der Waals surface area (Å²) in [6.45, 7) is 5.64. The topological polar surface area (TPSA) is 105 Å². The molecule has 0 aromatic heterocycles. The summed E-state index contributed by atoms with van der Waals surface area (Å²) in [5.41, 5.74) is -0.788. The van der Waals surface area contributed by atoms with Crippen LogP contribution >= 0.6 is 0 Å². The maximum Gasteiger partial charge on any atom is 0.311 e. The number of hydrogen-bond acceptors (Lipinski definition) is 8. The maximum atomic E-state index is 12.4. The third kappa shape index (κ3) is 23.6. The normalized spacial score (nSPS) is 10.9. The van der Waals surface area contributed by atoms with E-state index in [1.807, 2.05) is 0 Å². The van der Waals surface area contributed by atoms with Crippen LogP contribution in [0.4, 0.5) is 0 Å². The van der Waals surface area contributed by atoms with E-state index in [4.69, 9.17) is 18.9 Å². The Labute approximate surface area is 319 Å². The summed E-state index contributed by atoms with van der Waals surface area (Å²) in [5, 5.41) is 0. The van der Waals surface area contributed by atoms with Crippen molar-refractivity contribution in [3.05, 3.63) is 69.0 Å². The Morgan fingerprint density at radius 3 is 1.06 bits per heavy atom. The lowest BCUT2D eigenvalue weighted by atomic mass is 10.1. The molecule has 0 N–H and O–H groups in total. The second-order valence-electron chi connectivity index (χ2n) is 14.2. The van der Waals surface area contributed by atoms with Gasteiger partial charge in [0.05, 0.1) is 13.2 Å². The molecule has 0 heterocycles. The van der Waals surface area contributed by atoms with Gasteiger partial charge >= 0.3 is 11.9 Å². The number of unbranched alkanes of at least 4 members (excludes halogenated alkanes) is 20. The molecule has 0 saturated carbocycles. The molecule has 0 amide bonds. The van der Waals surface area contributed by atoms with Crippen LogP contribution in [0.1, 0.15) is 174 Å². The number of carbonyl (C=O) groups is 2. The average molecular weight is 737 g/mol. The summed E-state index contributed by atoms with van der Waals surface area (Å²) in [6, 6.07) is 12.2. The van der Waals surface area contributed by atoms with Gasteiger partial charge in [-0.2, -0.15) is 0 Å². The molecule has 2 aromatic rings. The van der Waals surface area contributed by atoms with Crippen molar-refractivity contribution in [3.63, 3.8) is 0 Å². The SMILES string of the molecule is CCCCCCCCCCCCOc1ccc(OC(=O)CCCCCC(=O)Oc2ccc(OCCCCCCCCCCCC)ccc2=O)c(=O)cc1. The molecular formula is C45H68O8. The Morgan fingerprint density at radius 2 is 0.698 bits per heavy atom. The summed E-state index contributed by atoms with van der Waals surface area (Å²) < 4.78 is 22.3. The van der Waals surface area contributed by atoms with Crippen molar-refractivity contribution in [1.82, 2.24) is 0 Å². The summed E-state index contributed by atoms with van der Waals surface area (Å²) in [7, 11) is 0. The van der Waals surface area contributed by atoms with E-state index in [-0.39, 0.29) is 24.3 Å². The molecule has 0 atom stereocenters. The van der Waals surface area contributed by atoms with E-state index >= 15 is 0 Å². The van der Waals surface area contributed by atoms with Crippen LogP contribution in [0, 0.1) is 0 Å². The van der Waals surface area contributed by atoms with Crippen LogP contribution in [-0.4, -0.2) is 25.2 Å². The fourth-order valence-corrected chi connectivity index (χ4v) is 6.05. The second kappa shape index (κ2) is 30.7. The second-order valence-corrected chi connectivity index (χ2v) is 14.2. The van der Waals surface area contributed by atoms with Gasteiger partial charge in [-0.1, -0.05) is 136 Å². The highest BCUT2D eigenvalue weighted by Gasteiger charge is 2.10. The molecule has 0 spiro atoms. The van der Waals surface area contributed by atoms with Crippen LogP contribution in [0.25, 0.3) is 0 Å². The number of carbonyl (C=O) groups excluding carboxylic acids is 2. The van der Waals surface area contributed by atoms with Crippen LogP contribution in [-0.2, 0) is 9.59 Å². The first-order valence-corrected chi connectivity index (χ1v) is 20.9. The lowest BCUT2D eigenvalue weighted by Crippen LogP contribution is -2.13. The van der Waals surface area contributed by atoms with Crippen molar-refractivity contribution in [2.75, 3.05) is 13.2 Å². The average Bonchev–Trinajstić information content (AvgIpc) is 3.43. The van der Waals surface area contributed by atoms with Gasteiger partial charge in [-0.3, -0.25) is 19.2 Å². The fraction of sp³-hybridized carbons (Fsp3) is 0.644. The molecule has 2 rings (SSSR count). The van der Waals surface area contributed by atoms with Crippen molar-refractivity contribution in [2.45, 2.75) is 174 Å². The first-order chi connectivity index (χ1) is 25.9. The molecule has 0 aliphatic heterocycles. The molecule has 0 fully saturated rings. The van der Waals surface area contributed by atoms with Gasteiger partial charge in [0.25, 0.3) is 0 Å². The van der Waals surface area contributed by atoms with E-state index in [2.05, 4.69) is 13.8 Å². The molecule has 296 valence electrons. The highest BCUT2D eigenvalue weighted by molar-refractivity contribution is 5.73. The molecule has 0 aliphatic rings. The Balaban J connectivity index is 1.58. The van der Waals surface area contributed by atoms with Gasteiger partial charge < -0.3 is 18.9 Å². The van der Waals surface area contributed by atoms with Gasteiger partial charge in [0.15, 0.2) is 11.5 Å². The molecule has 0 saturated heterocycles. The highest BCUT2D eigenvalue weighted by atomic mass is 16.5. The van der Waals surface area contributed by atoms with Gasteiger partial charge in [0.2, 0.25) is 10.9 Å². The third-order valence-corrected chi connectivity index (χ3v) is 9.32. The van der Waals surface area contributed by atoms with Gasteiger partial charge in [-0.25, -0.2) is 0 Å². The number of ether oxygens (including phenoxy) is 4. The smallest absolute Gasteiger partial charge is 0.311 e. The monoisotopic (exact) mass is 736 g/mol. The van der Waals surface area contributed by atoms with Gasteiger partial charge in [0.1, 0.15) is 11.5 Å². The zero-order valence-electron chi connectivity index (χ0n) is 33.0. The molecule has 0 unspecified atom stereocenters. The molecular weight excluding hydrogens is 668 g/mol. The highest BCUT2D eigenvalue weighted by Crippen LogP contribution is 2.17. The van der Waals surface area contributed by atoms with E-state index in [1.54, 1.807) is 24.3 Å². The van der Waals surface area contributed by atoms with E-state index in [0.29, 0.717) is 44.0 Å². The quantitative estimate of drug-likeness (QED) is 0.0540. The maximum absolute atomic E-state index is 12.4. The van der Waals surface area contributed by atoms with Crippen molar-refractivity contribution in [1.29, 1.82) is 0 Å². The molecule has 2 aromatic carbocycles. The van der Waals surface area contributed by atoms with E-state index in [0.717, 1.165) is 25.7 Å². The first-order valence-electron chi connectivity index (χ1n) is 20.9. The van der Waals surface area contributed by atoms with Crippen molar-refractivity contribution in [3.8, 4) is 23.0 Å². The lowest BCUT2D eigenvalue weighted by Gasteiger charge is -2.05. The number of esters is 2. The minimum atomic E-state index is -0.511. The zero-order chi connectivity index (χ0) is 38.2. The van der Waals surface area contributed by atoms with Gasteiger partial charge in [0, 0.05) is 12.8 Å². The number of hydrogen-bond donors (Lipinski definition) is 0. The Kier molecular flexibility index (Phi) is 26.4. The van der Waals surface area contributed by atoms with Crippen LogP contribution in [0.2, 0.25) is 0 Å². The van der Waals surface area contributed by atoms with Crippen LogP contribution in [0.5, 0.6) is 23.0 Å². The standard InChI is InChI=1S/C45H68O8/c1-3-5-7-9-11-13-15-17-19-24-36-50-38-28-32-40(46)42(34-30-38)52-44(48)26-22-21-23-27-45(49)53-43-35-31-39(29-33-41(43)47)51-37-25-20-18-16-14-12-10-8-6-4-2/h28-35H,3-27,36-37H2,1-2H3. The molecule has 0 radical (unpaired) electrons. The van der Waals surface area contributed by atoms with Crippen LogP contribution in [0.15, 0.2) is 58.1 Å². The summed E-state index contributed by atoms with van der Waals surface area (Å²) >= 11 is 0. The first kappa shape index (κ1) is 45.5. The largest absolute Gasteiger partial charge is 0.494 e. The van der Waals surface area contributed by atoms with E-state index in [1.165, 1.54) is 127 Å². The molecule has 0 aliphatic carbocycles. The molecule has 0 bridgehead atoms. The predicted octanol–water partition coefficient (Wildman–Crippen LogP) is 11.5. The lowest BCUT2D eigenvalue weighted by molar-refractivity contribution is -0.135. The van der Waals surface area contributed by atoms with Crippen LogP contribution < -0.4 is 29.8 Å². The minimum Gasteiger partial charge on any atom is -0.494 e. The Morgan fingerprint density at radius 1 is 0.396 bits per heavy atom.